The predicted molar refractivity (Wildman–Crippen MR) is 40.7 cm³/mol. The second kappa shape index (κ2) is 2.70. The minimum atomic E-state index is -0.243. The predicted octanol–water partition coefficient (Wildman–Crippen LogP) is 0.488. The summed E-state index contributed by atoms with van der Waals surface area (Å²) in [5, 5.41) is 0. The first-order chi connectivity index (χ1) is 5.16. The average molecular weight is 151 g/mol. The van der Waals surface area contributed by atoms with Crippen molar-refractivity contribution in [2.45, 2.75) is 6.92 Å². The van der Waals surface area contributed by atoms with E-state index in [9.17, 15) is 9.59 Å². The summed E-state index contributed by atoms with van der Waals surface area (Å²) < 4.78 is 0. The first-order valence-corrected chi connectivity index (χ1v) is 3.31. The lowest BCUT2D eigenvalue weighted by atomic mass is 10.2. The third-order valence-electron chi connectivity index (χ3n) is 1.58. The summed E-state index contributed by atoms with van der Waals surface area (Å²) in [6.07, 6.45) is 3.04. The van der Waals surface area contributed by atoms with E-state index in [1.165, 1.54) is 18.0 Å². The smallest absolute Gasteiger partial charge is 0.261 e. The van der Waals surface area contributed by atoms with Gasteiger partial charge in [0.05, 0.1) is 5.57 Å². The zero-order valence-corrected chi connectivity index (χ0v) is 6.33. The van der Waals surface area contributed by atoms with Crippen LogP contribution in [0.2, 0.25) is 0 Å². The Balaban J connectivity index is 2.82. The van der Waals surface area contributed by atoms with Gasteiger partial charge in [0.1, 0.15) is 0 Å². The van der Waals surface area contributed by atoms with Gasteiger partial charge in [-0.05, 0) is 13.0 Å². The normalized spacial score (nSPS) is 16.6. The van der Waals surface area contributed by atoms with Gasteiger partial charge < -0.3 is 4.90 Å². The highest BCUT2D eigenvalue weighted by atomic mass is 16.2. The third-order valence-corrected chi connectivity index (χ3v) is 1.58. The zero-order chi connectivity index (χ0) is 8.43. The number of ketones is 1. The molecule has 3 heteroatoms. The number of hydrogen-bond donors (Lipinski definition) is 0. The van der Waals surface area contributed by atoms with Gasteiger partial charge in [-0.3, -0.25) is 9.59 Å². The molecule has 0 aromatic heterocycles. The van der Waals surface area contributed by atoms with Gasteiger partial charge in [-0.15, -0.1) is 0 Å². The molecule has 0 atom stereocenters. The fraction of sp³-hybridized carbons (Fsp3) is 0.250. The van der Waals surface area contributed by atoms with E-state index in [-0.39, 0.29) is 17.3 Å². The maximum Gasteiger partial charge on any atom is 0.261 e. The molecular formula is C8H9NO2. The lowest BCUT2D eigenvalue weighted by Crippen LogP contribution is -2.22. The second-order valence-corrected chi connectivity index (χ2v) is 2.31. The molecule has 0 N–H and O–H groups in total. The molecule has 0 fully saturated rings. The van der Waals surface area contributed by atoms with Crippen molar-refractivity contribution in [1.82, 2.24) is 4.90 Å². The summed E-state index contributed by atoms with van der Waals surface area (Å²) in [6, 6.07) is 0. The van der Waals surface area contributed by atoms with Crippen LogP contribution in [0, 0.1) is 0 Å². The Kier molecular flexibility index (Phi) is 1.89. The molecular weight excluding hydrogens is 142 g/mol. The maximum absolute atomic E-state index is 11.1. The van der Waals surface area contributed by atoms with Crippen molar-refractivity contribution in [3.8, 4) is 0 Å². The van der Waals surface area contributed by atoms with Crippen molar-refractivity contribution in [1.29, 1.82) is 0 Å². The molecule has 1 aliphatic heterocycles. The van der Waals surface area contributed by atoms with Crippen molar-refractivity contribution in [2.24, 2.45) is 0 Å². The number of nitrogens with zero attached hydrogens (tertiary/aromatic N) is 1. The summed E-state index contributed by atoms with van der Waals surface area (Å²) in [6.45, 7) is 5.30. The summed E-state index contributed by atoms with van der Waals surface area (Å²) in [7, 11) is 0. The standard InChI is InChI=1S/C8H9NO2/c1-3-9-5-4-7(6(2)10)8(9)11/h3-4H,1,5H2,2H3. The molecule has 3 nitrogen and oxygen atoms in total. The number of rotatable bonds is 2. The molecule has 0 saturated carbocycles. The molecule has 0 unspecified atom stereocenters. The molecule has 0 saturated heterocycles. The Labute approximate surface area is 65.0 Å². The topological polar surface area (TPSA) is 37.4 Å². The van der Waals surface area contributed by atoms with Gasteiger partial charge >= 0.3 is 0 Å². The largest absolute Gasteiger partial charge is 0.312 e. The van der Waals surface area contributed by atoms with Gasteiger partial charge in [0.2, 0.25) is 0 Å². The molecule has 58 valence electrons. The molecule has 1 heterocycles. The van der Waals surface area contributed by atoms with Crippen molar-refractivity contribution in [2.75, 3.05) is 6.54 Å². The highest BCUT2D eigenvalue weighted by Crippen LogP contribution is 2.11. The summed E-state index contributed by atoms with van der Waals surface area (Å²) >= 11 is 0. The van der Waals surface area contributed by atoms with Gasteiger partial charge in [-0.2, -0.15) is 0 Å². The van der Waals surface area contributed by atoms with Crippen LogP contribution in [0.5, 0.6) is 0 Å². The Morgan fingerprint density at radius 2 is 2.45 bits per heavy atom. The molecule has 1 rings (SSSR count). The van der Waals surface area contributed by atoms with Crippen LogP contribution in [-0.4, -0.2) is 23.1 Å². The third kappa shape index (κ3) is 1.22. The molecule has 0 aliphatic carbocycles. The summed E-state index contributed by atoms with van der Waals surface area (Å²) in [5.74, 6) is -0.424. The number of carbonyl (C=O) groups excluding carboxylic acids is 2. The van der Waals surface area contributed by atoms with Crippen molar-refractivity contribution in [3.05, 3.63) is 24.4 Å². The number of amides is 1. The maximum atomic E-state index is 11.1. The zero-order valence-electron chi connectivity index (χ0n) is 6.33. The van der Waals surface area contributed by atoms with Crippen LogP contribution in [0.15, 0.2) is 24.4 Å². The molecule has 11 heavy (non-hydrogen) atoms. The molecule has 0 spiro atoms. The average Bonchev–Trinajstić information content (AvgIpc) is 2.30. The van der Waals surface area contributed by atoms with E-state index in [4.69, 9.17) is 0 Å². The molecule has 1 aliphatic rings. The van der Waals surface area contributed by atoms with E-state index in [2.05, 4.69) is 6.58 Å². The molecule has 0 aromatic carbocycles. The van der Waals surface area contributed by atoms with Gasteiger partial charge in [-0.1, -0.05) is 6.58 Å². The van der Waals surface area contributed by atoms with Gasteiger partial charge in [0, 0.05) is 12.7 Å². The molecule has 1 amide bonds. The van der Waals surface area contributed by atoms with E-state index in [1.807, 2.05) is 0 Å². The fourth-order valence-corrected chi connectivity index (χ4v) is 0.966. The first-order valence-electron chi connectivity index (χ1n) is 3.31. The Morgan fingerprint density at radius 3 is 2.73 bits per heavy atom. The minimum Gasteiger partial charge on any atom is -0.312 e. The monoisotopic (exact) mass is 151 g/mol. The van der Waals surface area contributed by atoms with Crippen LogP contribution in [0.25, 0.3) is 0 Å². The number of hydrogen-bond acceptors (Lipinski definition) is 2. The van der Waals surface area contributed by atoms with Gasteiger partial charge in [0.15, 0.2) is 5.78 Å². The number of Topliss-reactive ketones (excluding diaryl/α,β-unsaturated/α-hetero) is 1. The van der Waals surface area contributed by atoms with Crippen LogP contribution in [0.4, 0.5) is 0 Å². The summed E-state index contributed by atoms with van der Waals surface area (Å²) in [4.78, 5) is 23.3. The first kappa shape index (κ1) is 7.72. The van der Waals surface area contributed by atoms with Crippen LogP contribution in [-0.2, 0) is 9.59 Å². The van der Waals surface area contributed by atoms with Crippen LogP contribution in [0.1, 0.15) is 6.92 Å². The Morgan fingerprint density at radius 1 is 1.82 bits per heavy atom. The number of carbonyl (C=O) groups is 2. The SMILES string of the molecule is C=CN1CC=C(C(C)=O)C1=O. The Hall–Kier alpha value is -1.38. The second-order valence-electron chi connectivity index (χ2n) is 2.31. The van der Waals surface area contributed by atoms with E-state index in [0.717, 1.165) is 0 Å². The van der Waals surface area contributed by atoms with Crippen molar-refractivity contribution in [3.63, 3.8) is 0 Å². The van der Waals surface area contributed by atoms with E-state index in [0.29, 0.717) is 6.54 Å². The van der Waals surface area contributed by atoms with E-state index < -0.39 is 0 Å². The van der Waals surface area contributed by atoms with Crippen LogP contribution in [0.3, 0.4) is 0 Å². The summed E-state index contributed by atoms with van der Waals surface area (Å²) in [5.41, 5.74) is 0.268. The Bertz CT molecular complexity index is 253. The molecule has 0 radical (unpaired) electrons. The quantitative estimate of drug-likeness (QED) is 0.538. The van der Waals surface area contributed by atoms with Crippen molar-refractivity contribution >= 4 is 11.7 Å². The van der Waals surface area contributed by atoms with Gasteiger partial charge in [0.25, 0.3) is 5.91 Å². The van der Waals surface area contributed by atoms with Crippen LogP contribution >= 0.6 is 0 Å². The minimum absolute atomic E-state index is 0.181. The lowest BCUT2D eigenvalue weighted by Gasteiger charge is -2.07. The molecule has 0 bridgehead atoms. The van der Waals surface area contributed by atoms with Gasteiger partial charge in [-0.25, -0.2) is 0 Å². The molecule has 0 aromatic rings. The van der Waals surface area contributed by atoms with E-state index >= 15 is 0 Å². The lowest BCUT2D eigenvalue weighted by molar-refractivity contribution is -0.125. The highest BCUT2D eigenvalue weighted by Gasteiger charge is 2.24. The van der Waals surface area contributed by atoms with Crippen LogP contribution < -0.4 is 0 Å². The van der Waals surface area contributed by atoms with E-state index in [1.54, 1.807) is 6.08 Å². The highest BCUT2D eigenvalue weighted by molar-refractivity contribution is 6.19. The van der Waals surface area contributed by atoms with Crippen molar-refractivity contribution < 1.29 is 9.59 Å². The fourth-order valence-electron chi connectivity index (χ4n) is 0.966.